The van der Waals surface area contributed by atoms with E-state index >= 15 is 0 Å². The van der Waals surface area contributed by atoms with Gasteiger partial charge in [-0.25, -0.2) is 8.42 Å². The Morgan fingerprint density at radius 1 is 1.50 bits per heavy atom. The molecule has 20 heavy (non-hydrogen) atoms. The van der Waals surface area contributed by atoms with E-state index in [4.69, 9.17) is 11.6 Å². The van der Waals surface area contributed by atoms with Gasteiger partial charge in [-0.2, -0.15) is 4.31 Å². The topological polar surface area (TPSA) is 101 Å². The molecule has 0 unspecified atom stereocenters. The van der Waals surface area contributed by atoms with E-state index in [1.807, 2.05) is 0 Å². The van der Waals surface area contributed by atoms with Gasteiger partial charge in [0.2, 0.25) is 10.0 Å². The number of rotatable bonds is 3. The van der Waals surface area contributed by atoms with E-state index in [2.05, 4.69) is 0 Å². The quantitative estimate of drug-likeness (QED) is 0.668. The highest BCUT2D eigenvalue weighted by molar-refractivity contribution is 7.89. The summed E-state index contributed by atoms with van der Waals surface area (Å²) in [5.41, 5.74) is -0.118. The summed E-state index contributed by atoms with van der Waals surface area (Å²) >= 11 is 5.87. The van der Waals surface area contributed by atoms with Gasteiger partial charge >= 0.3 is 0 Å². The summed E-state index contributed by atoms with van der Waals surface area (Å²) in [4.78, 5) is 10.0. The molecule has 1 aliphatic heterocycles. The Morgan fingerprint density at radius 3 is 2.65 bits per heavy atom. The van der Waals surface area contributed by atoms with Crippen molar-refractivity contribution in [2.24, 2.45) is 0 Å². The van der Waals surface area contributed by atoms with E-state index < -0.39 is 21.1 Å². The monoisotopic (exact) mass is 320 g/mol. The summed E-state index contributed by atoms with van der Waals surface area (Å²) in [6.07, 6.45) is -0.360. The number of halogens is 1. The molecule has 1 fully saturated rings. The Morgan fingerprint density at radius 2 is 2.15 bits per heavy atom. The van der Waals surface area contributed by atoms with Crippen molar-refractivity contribution in [3.63, 3.8) is 0 Å². The zero-order valence-corrected chi connectivity index (χ0v) is 12.2. The average Bonchev–Trinajstić information content (AvgIpc) is 2.79. The minimum absolute atomic E-state index is 0.0123. The van der Waals surface area contributed by atoms with Crippen molar-refractivity contribution in [1.29, 1.82) is 0 Å². The number of sulfonamides is 1. The number of hydrogen-bond acceptors (Lipinski definition) is 5. The largest absolute Gasteiger partial charge is 0.392 e. The summed E-state index contributed by atoms with van der Waals surface area (Å²) < 4.78 is 25.8. The van der Waals surface area contributed by atoms with E-state index in [0.29, 0.717) is 6.42 Å². The number of nitro benzene ring substituents is 1. The lowest BCUT2D eigenvalue weighted by molar-refractivity contribution is -0.385. The normalized spacial score (nSPS) is 20.2. The first-order valence-electron chi connectivity index (χ1n) is 5.86. The van der Waals surface area contributed by atoms with Crippen LogP contribution in [0.2, 0.25) is 5.02 Å². The predicted molar refractivity (Wildman–Crippen MR) is 72.2 cm³/mol. The second kappa shape index (κ2) is 5.28. The molecule has 0 radical (unpaired) electrons. The molecule has 0 aromatic heterocycles. The molecule has 2 rings (SSSR count). The van der Waals surface area contributed by atoms with Crippen LogP contribution in [0.15, 0.2) is 17.0 Å². The maximum absolute atomic E-state index is 12.4. The fraction of sp³-hybridized carbons (Fsp3) is 0.455. The van der Waals surface area contributed by atoms with Crippen molar-refractivity contribution in [2.45, 2.75) is 24.3 Å². The third-order valence-corrected chi connectivity index (χ3v) is 5.49. The van der Waals surface area contributed by atoms with Gasteiger partial charge < -0.3 is 5.11 Å². The standard InChI is InChI=1S/C11H13ClN2O5S/c1-7-10(12)4-9(5-11(7)14(16)17)20(18,19)13-3-2-8(15)6-13/h4-5,8,15H,2-3,6H2,1H3/t8-/m0/s1. The van der Waals surface area contributed by atoms with Crippen LogP contribution in [-0.4, -0.2) is 41.9 Å². The van der Waals surface area contributed by atoms with Crippen molar-refractivity contribution < 1.29 is 18.4 Å². The summed E-state index contributed by atoms with van der Waals surface area (Å²) in [6, 6.07) is 2.20. The Hall–Kier alpha value is -1.22. The average molecular weight is 321 g/mol. The third kappa shape index (κ3) is 2.64. The minimum atomic E-state index is -3.88. The number of nitrogens with zero attached hydrogens (tertiary/aromatic N) is 2. The number of hydrogen-bond donors (Lipinski definition) is 1. The first kappa shape index (κ1) is 15.2. The molecule has 1 aromatic rings. The summed E-state index contributed by atoms with van der Waals surface area (Å²) in [5.74, 6) is 0. The molecule has 0 amide bonds. The van der Waals surface area contributed by atoms with Gasteiger partial charge in [-0.05, 0) is 19.4 Å². The van der Waals surface area contributed by atoms with Crippen molar-refractivity contribution in [1.82, 2.24) is 4.31 Å². The van der Waals surface area contributed by atoms with Crippen LogP contribution in [0.25, 0.3) is 0 Å². The van der Waals surface area contributed by atoms with Gasteiger partial charge in [0.05, 0.1) is 20.9 Å². The zero-order valence-electron chi connectivity index (χ0n) is 10.6. The number of β-amino-alcohol motifs (C(OH)–C–C–N with tert-alkyl or cyclic N) is 1. The molecule has 0 aliphatic carbocycles. The number of nitro groups is 1. The number of aliphatic hydroxyl groups excluding tert-OH is 1. The van der Waals surface area contributed by atoms with Crippen LogP contribution >= 0.6 is 11.6 Å². The lowest BCUT2D eigenvalue weighted by atomic mass is 10.2. The Balaban J connectivity index is 2.50. The molecule has 0 saturated carbocycles. The molecule has 1 heterocycles. The molecule has 9 heteroatoms. The molecule has 1 aliphatic rings. The first-order chi connectivity index (χ1) is 9.23. The Bertz CT molecular complexity index is 661. The van der Waals surface area contributed by atoms with E-state index in [9.17, 15) is 23.6 Å². The van der Waals surface area contributed by atoms with E-state index in [-0.39, 0.29) is 34.3 Å². The molecule has 1 saturated heterocycles. The van der Waals surface area contributed by atoms with Gasteiger partial charge in [-0.1, -0.05) is 11.6 Å². The van der Waals surface area contributed by atoms with E-state index in [1.54, 1.807) is 0 Å². The molecule has 1 atom stereocenters. The van der Waals surface area contributed by atoms with Gasteiger partial charge in [0.15, 0.2) is 0 Å². The predicted octanol–water partition coefficient (Wildman–Crippen LogP) is 1.31. The lowest BCUT2D eigenvalue weighted by Gasteiger charge is -2.16. The van der Waals surface area contributed by atoms with Crippen LogP contribution in [-0.2, 0) is 10.0 Å². The van der Waals surface area contributed by atoms with Gasteiger partial charge in [0, 0.05) is 24.7 Å². The van der Waals surface area contributed by atoms with E-state index in [0.717, 1.165) is 10.4 Å². The highest BCUT2D eigenvalue weighted by Gasteiger charge is 2.33. The molecular weight excluding hydrogens is 308 g/mol. The summed E-state index contributed by atoms with van der Waals surface area (Å²) in [7, 11) is -3.88. The van der Waals surface area contributed by atoms with Crippen LogP contribution in [0.1, 0.15) is 12.0 Å². The molecule has 0 spiro atoms. The van der Waals surface area contributed by atoms with Crippen molar-refractivity contribution in [3.05, 3.63) is 32.8 Å². The van der Waals surface area contributed by atoms with Crippen LogP contribution in [0.4, 0.5) is 5.69 Å². The third-order valence-electron chi connectivity index (χ3n) is 3.25. The Kier molecular flexibility index (Phi) is 4.01. The van der Waals surface area contributed by atoms with Gasteiger partial charge in [-0.15, -0.1) is 0 Å². The highest BCUT2D eigenvalue weighted by atomic mass is 35.5. The maximum atomic E-state index is 12.4. The second-order valence-electron chi connectivity index (χ2n) is 4.61. The van der Waals surface area contributed by atoms with Crippen LogP contribution in [0.3, 0.4) is 0 Å². The number of aliphatic hydroxyl groups is 1. The molecule has 1 N–H and O–H groups in total. The lowest BCUT2D eigenvalue weighted by Crippen LogP contribution is -2.29. The molecule has 7 nitrogen and oxygen atoms in total. The summed E-state index contributed by atoms with van der Waals surface area (Å²) in [5, 5.41) is 20.4. The Labute approximate surface area is 121 Å². The molecule has 0 bridgehead atoms. The van der Waals surface area contributed by atoms with Gasteiger partial charge in [0.1, 0.15) is 0 Å². The van der Waals surface area contributed by atoms with Crippen molar-refractivity contribution in [2.75, 3.05) is 13.1 Å². The van der Waals surface area contributed by atoms with Gasteiger partial charge in [0.25, 0.3) is 5.69 Å². The number of benzene rings is 1. The summed E-state index contributed by atoms with van der Waals surface area (Å²) in [6.45, 7) is 1.63. The maximum Gasteiger partial charge on any atom is 0.275 e. The highest BCUT2D eigenvalue weighted by Crippen LogP contribution is 2.31. The van der Waals surface area contributed by atoms with E-state index in [1.165, 1.54) is 13.0 Å². The smallest absolute Gasteiger partial charge is 0.275 e. The zero-order chi connectivity index (χ0) is 15.1. The van der Waals surface area contributed by atoms with Crippen molar-refractivity contribution in [3.8, 4) is 0 Å². The van der Waals surface area contributed by atoms with Crippen LogP contribution in [0.5, 0.6) is 0 Å². The fourth-order valence-corrected chi connectivity index (χ4v) is 3.88. The molecule has 110 valence electrons. The minimum Gasteiger partial charge on any atom is -0.392 e. The molecular formula is C11H13ClN2O5S. The second-order valence-corrected chi connectivity index (χ2v) is 6.96. The first-order valence-corrected chi connectivity index (χ1v) is 7.68. The van der Waals surface area contributed by atoms with Gasteiger partial charge in [-0.3, -0.25) is 10.1 Å². The van der Waals surface area contributed by atoms with Crippen molar-refractivity contribution >= 4 is 27.3 Å². The fourth-order valence-electron chi connectivity index (χ4n) is 2.06. The molecule has 1 aromatic carbocycles. The van der Waals surface area contributed by atoms with Crippen LogP contribution < -0.4 is 0 Å². The van der Waals surface area contributed by atoms with Crippen LogP contribution in [0, 0.1) is 17.0 Å². The SMILES string of the molecule is Cc1c(Cl)cc(S(=O)(=O)N2CC[C@H](O)C2)cc1[N+](=O)[O-].